The van der Waals surface area contributed by atoms with E-state index in [1.54, 1.807) is 0 Å². The van der Waals surface area contributed by atoms with Gasteiger partial charge in [0.2, 0.25) is 0 Å². The number of guanidine groups is 1. The molecule has 1 atom stereocenters. The molecule has 0 aromatic heterocycles. The smallest absolute Gasteiger partial charge is 0.191 e. The predicted molar refractivity (Wildman–Crippen MR) is 118 cm³/mol. The predicted octanol–water partition coefficient (Wildman–Crippen LogP) is 3.14. The van der Waals surface area contributed by atoms with Gasteiger partial charge in [0.15, 0.2) is 5.96 Å². The largest absolute Gasteiger partial charge is 0.355 e. The zero-order chi connectivity index (χ0) is 17.2. The van der Waals surface area contributed by atoms with Gasteiger partial charge in [-0.05, 0) is 31.6 Å². The molecule has 2 N–H and O–H groups in total. The van der Waals surface area contributed by atoms with Crippen molar-refractivity contribution in [2.24, 2.45) is 4.99 Å². The van der Waals surface area contributed by atoms with E-state index in [1.807, 2.05) is 13.1 Å². The van der Waals surface area contributed by atoms with Gasteiger partial charge < -0.3 is 15.5 Å². The first-order valence-corrected chi connectivity index (χ1v) is 8.38. The third-order valence-corrected chi connectivity index (χ3v) is 4.08. The second-order valence-electron chi connectivity index (χ2n) is 6.10. The molecule has 25 heavy (non-hydrogen) atoms. The third-order valence-electron chi connectivity index (χ3n) is 4.08. The van der Waals surface area contributed by atoms with Gasteiger partial charge in [0.25, 0.3) is 0 Å². The van der Waals surface area contributed by atoms with Gasteiger partial charge in [-0.3, -0.25) is 4.99 Å². The fourth-order valence-corrected chi connectivity index (χ4v) is 2.54. The van der Waals surface area contributed by atoms with Gasteiger partial charge in [-0.2, -0.15) is 0 Å². The Morgan fingerprint density at radius 1 is 0.920 bits per heavy atom. The first-order valence-electron chi connectivity index (χ1n) is 8.38. The number of likely N-dealkylation sites (N-methyl/N-ethyl adjacent to an activating group) is 1. The molecule has 0 aliphatic carbocycles. The van der Waals surface area contributed by atoms with E-state index < -0.39 is 0 Å². The average molecular weight is 452 g/mol. The second-order valence-corrected chi connectivity index (χ2v) is 6.10. The zero-order valence-electron chi connectivity index (χ0n) is 15.3. The average Bonchev–Trinajstić information content (AvgIpc) is 2.62. The molecule has 0 heterocycles. The van der Waals surface area contributed by atoms with Crippen LogP contribution < -0.4 is 10.6 Å². The highest BCUT2D eigenvalue weighted by molar-refractivity contribution is 14.0. The quantitative estimate of drug-likeness (QED) is 0.385. The van der Waals surface area contributed by atoms with Crippen molar-refractivity contribution in [1.29, 1.82) is 0 Å². The Balaban J connectivity index is 0.00000312. The van der Waals surface area contributed by atoms with Crippen molar-refractivity contribution in [3.8, 4) is 0 Å². The molecule has 0 saturated heterocycles. The molecule has 2 rings (SSSR count). The van der Waals surface area contributed by atoms with Gasteiger partial charge >= 0.3 is 0 Å². The molecule has 5 heteroatoms. The monoisotopic (exact) mass is 452 g/mol. The summed E-state index contributed by atoms with van der Waals surface area (Å²) in [6.07, 6.45) is 1.01. The molecule has 2 aromatic rings. The number of hydrogen-bond acceptors (Lipinski definition) is 2. The van der Waals surface area contributed by atoms with Crippen LogP contribution in [0.2, 0.25) is 0 Å². The highest BCUT2D eigenvalue weighted by Crippen LogP contribution is 2.06. The highest BCUT2D eigenvalue weighted by atomic mass is 127. The Bertz CT molecular complexity index is 614. The van der Waals surface area contributed by atoms with Gasteiger partial charge in [-0.25, -0.2) is 0 Å². The van der Waals surface area contributed by atoms with Gasteiger partial charge in [-0.1, -0.05) is 60.7 Å². The number of halogens is 1. The van der Waals surface area contributed by atoms with Crippen molar-refractivity contribution in [3.63, 3.8) is 0 Å². The summed E-state index contributed by atoms with van der Waals surface area (Å²) in [5.41, 5.74) is 2.60. The Hall–Kier alpha value is -1.60. The van der Waals surface area contributed by atoms with Crippen LogP contribution in [-0.2, 0) is 13.0 Å². The number of hydrogen-bond donors (Lipinski definition) is 2. The van der Waals surface area contributed by atoms with Crippen LogP contribution in [0.25, 0.3) is 0 Å². The molecule has 0 bridgehead atoms. The van der Waals surface area contributed by atoms with Crippen LogP contribution in [0.5, 0.6) is 0 Å². The van der Waals surface area contributed by atoms with E-state index in [-0.39, 0.29) is 24.0 Å². The first kappa shape index (κ1) is 21.4. The highest BCUT2D eigenvalue weighted by Gasteiger charge is 2.12. The Morgan fingerprint density at radius 2 is 1.48 bits per heavy atom. The normalized spacial score (nSPS) is 12.4. The first-order chi connectivity index (χ1) is 11.7. The van der Waals surface area contributed by atoms with Gasteiger partial charge in [-0.15, -0.1) is 24.0 Å². The molecule has 0 fully saturated rings. The molecule has 0 aliphatic rings. The van der Waals surface area contributed by atoms with Crippen LogP contribution >= 0.6 is 24.0 Å². The second kappa shape index (κ2) is 11.9. The summed E-state index contributed by atoms with van der Waals surface area (Å²) in [5, 5.41) is 6.80. The van der Waals surface area contributed by atoms with Crippen molar-refractivity contribution < 1.29 is 0 Å². The minimum atomic E-state index is 0. The maximum absolute atomic E-state index is 4.32. The minimum Gasteiger partial charge on any atom is -0.355 e. The molecule has 0 radical (unpaired) electrons. The Morgan fingerprint density at radius 3 is 2.00 bits per heavy atom. The lowest BCUT2D eigenvalue weighted by Crippen LogP contribution is -2.45. The summed E-state index contributed by atoms with van der Waals surface area (Å²) in [6.45, 7) is 1.61. The number of nitrogens with zero attached hydrogens (tertiary/aromatic N) is 2. The van der Waals surface area contributed by atoms with Crippen molar-refractivity contribution in [3.05, 3.63) is 71.8 Å². The van der Waals surface area contributed by atoms with E-state index in [0.717, 1.165) is 25.5 Å². The molecule has 0 saturated carbocycles. The summed E-state index contributed by atoms with van der Waals surface area (Å²) >= 11 is 0. The van der Waals surface area contributed by atoms with E-state index in [1.165, 1.54) is 11.1 Å². The summed E-state index contributed by atoms with van der Waals surface area (Å²) in [7, 11) is 6.05. The number of rotatable bonds is 7. The lowest BCUT2D eigenvalue weighted by molar-refractivity contribution is 0.290. The number of nitrogens with one attached hydrogen (secondary N) is 2. The zero-order valence-corrected chi connectivity index (χ0v) is 17.6. The molecule has 1 unspecified atom stereocenters. The van der Waals surface area contributed by atoms with Crippen molar-refractivity contribution in [2.45, 2.75) is 19.0 Å². The minimum absolute atomic E-state index is 0. The van der Waals surface area contributed by atoms with E-state index in [9.17, 15) is 0 Å². The molecule has 0 aliphatic heterocycles. The van der Waals surface area contributed by atoms with Crippen LogP contribution in [0.15, 0.2) is 65.7 Å². The number of aliphatic imine (C=N–C) groups is 1. The van der Waals surface area contributed by atoms with Crippen molar-refractivity contribution in [2.75, 3.05) is 27.7 Å². The van der Waals surface area contributed by atoms with Crippen LogP contribution in [0.3, 0.4) is 0 Å². The Kier molecular flexibility index (Phi) is 10.2. The van der Waals surface area contributed by atoms with Crippen molar-refractivity contribution >= 4 is 29.9 Å². The maximum atomic E-state index is 4.32. The maximum Gasteiger partial charge on any atom is 0.191 e. The summed E-state index contributed by atoms with van der Waals surface area (Å²) in [6, 6.07) is 21.4. The van der Waals surface area contributed by atoms with E-state index in [2.05, 4.69) is 89.2 Å². The van der Waals surface area contributed by atoms with Crippen LogP contribution in [-0.4, -0.2) is 44.6 Å². The van der Waals surface area contributed by atoms with Crippen LogP contribution in [0.1, 0.15) is 11.1 Å². The Labute approximate surface area is 168 Å². The molecule has 2 aromatic carbocycles. The summed E-state index contributed by atoms with van der Waals surface area (Å²) < 4.78 is 0. The van der Waals surface area contributed by atoms with Gasteiger partial charge in [0, 0.05) is 26.2 Å². The summed E-state index contributed by atoms with van der Waals surface area (Å²) in [4.78, 5) is 6.57. The fourth-order valence-electron chi connectivity index (χ4n) is 2.54. The molecular weight excluding hydrogens is 423 g/mol. The topological polar surface area (TPSA) is 39.7 Å². The lowest BCUT2D eigenvalue weighted by Gasteiger charge is -2.25. The molecular formula is C20H29IN4. The molecule has 136 valence electrons. The molecule has 0 amide bonds. The SMILES string of the molecule is CN=C(NCc1ccccc1)NCC(Cc1ccccc1)N(C)C.I. The van der Waals surface area contributed by atoms with Gasteiger partial charge in [0.1, 0.15) is 0 Å². The lowest BCUT2D eigenvalue weighted by atomic mass is 10.1. The summed E-state index contributed by atoms with van der Waals surface area (Å²) in [5.74, 6) is 0.832. The molecule has 0 spiro atoms. The van der Waals surface area contributed by atoms with E-state index in [0.29, 0.717) is 6.04 Å². The van der Waals surface area contributed by atoms with Crippen LogP contribution in [0, 0.1) is 0 Å². The molecule has 4 nitrogen and oxygen atoms in total. The van der Waals surface area contributed by atoms with Crippen molar-refractivity contribution in [1.82, 2.24) is 15.5 Å². The fraction of sp³-hybridized carbons (Fsp3) is 0.350. The number of benzene rings is 2. The van der Waals surface area contributed by atoms with E-state index in [4.69, 9.17) is 0 Å². The van der Waals surface area contributed by atoms with Gasteiger partial charge in [0.05, 0.1) is 0 Å². The third kappa shape index (κ3) is 7.88. The van der Waals surface area contributed by atoms with E-state index >= 15 is 0 Å². The standard InChI is InChI=1S/C20H28N4.HI/c1-21-20(22-15-18-12-8-5-9-13-18)23-16-19(24(2)3)14-17-10-6-4-7-11-17;/h4-13,19H,14-16H2,1-3H3,(H2,21,22,23);1H. The van der Waals surface area contributed by atoms with Crippen LogP contribution in [0.4, 0.5) is 0 Å².